The molecule has 3 heterocycles. The standard InChI is InChI=1S/C24H25F2N5O3S/c1-31-10-17(23-29-30-24(33)35-23)19(11-31)28-22(32)13-4-6-15(7-5-13)34-12-14-9-18(25)20(26)21-16(14)3-2-8-27-21/h4-7,9,17,19,27H,2-3,8,10-12H2,1H3,(H,28,32)(H,30,33)/t17-,19+/m0/s1. The molecule has 0 bridgehead atoms. The number of rotatable bonds is 6. The van der Waals surface area contributed by atoms with Gasteiger partial charge >= 0.3 is 4.87 Å². The molecular formula is C24H25F2N5O3S. The number of carbonyl (C=O) groups is 1. The molecule has 35 heavy (non-hydrogen) atoms. The number of ether oxygens (including phenoxy) is 1. The van der Waals surface area contributed by atoms with Gasteiger partial charge in [0.25, 0.3) is 5.91 Å². The van der Waals surface area contributed by atoms with E-state index in [9.17, 15) is 18.4 Å². The Morgan fingerprint density at radius 1 is 1.29 bits per heavy atom. The van der Waals surface area contributed by atoms with E-state index in [0.29, 0.717) is 47.9 Å². The fourth-order valence-corrected chi connectivity index (χ4v) is 5.47. The second kappa shape index (κ2) is 9.74. The topological polar surface area (TPSA) is 99.4 Å². The highest BCUT2D eigenvalue weighted by atomic mass is 32.1. The summed E-state index contributed by atoms with van der Waals surface area (Å²) in [6.07, 6.45) is 1.50. The molecule has 184 valence electrons. The van der Waals surface area contributed by atoms with Crippen LogP contribution < -0.4 is 20.2 Å². The van der Waals surface area contributed by atoms with Crippen LogP contribution in [0.1, 0.15) is 38.8 Å². The monoisotopic (exact) mass is 501 g/mol. The van der Waals surface area contributed by atoms with E-state index in [0.717, 1.165) is 23.3 Å². The van der Waals surface area contributed by atoms with Gasteiger partial charge in [-0.3, -0.25) is 9.59 Å². The van der Waals surface area contributed by atoms with Crippen LogP contribution in [-0.2, 0) is 13.0 Å². The van der Waals surface area contributed by atoms with Gasteiger partial charge in [0, 0.05) is 31.1 Å². The summed E-state index contributed by atoms with van der Waals surface area (Å²) in [6.45, 7) is 2.05. The third-order valence-electron chi connectivity index (χ3n) is 6.43. The number of likely N-dealkylation sites (tertiary alicyclic amines) is 1. The van der Waals surface area contributed by atoms with E-state index < -0.39 is 11.6 Å². The molecule has 1 aromatic heterocycles. The number of aromatic nitrogens is 2. The number of benzene rings is 2. The highest BCUT2D eigenvalue weighted by Crippen LogP contribution is 2.31. The van der Waals surface area contributed by atoms with Crippen LogP contribution in [0.15, 0.2) is 35.1 Å². The predicted molar refractivity (Wildman–Crippen MR) is 128 cm³/mol. The summed E-state index contributed by atoms with van der Waals surface area (Å²) in [5, 5.41) is 13.2. The number of aromatic amines is 1. The van der Waals surface area contributed by atoms with E-state index in [1.165, 1.54) is 6.07 Å². The lowest BCUT2D eigenvalue weighted by molar-refractivity contribution is 0.0935. The van der Waals surface area contributed by atoms with Crippen LogP contribution in [-0.4, -0.2) is 53.7 Å². The molecule has 0 aliphatic carbocycles. The van der Waals surface area contributed by atoms with Gasteiger partial charge in [0.1, 0.15) is 17.4 Å². The number of fused-ring (bicyclic) bond motifs is 1. The molecule has 1 saturated heterocycles. The Kier molecular flexibility index (Phi) is 6.52. The predicted octanol–water partition coefficient (Wildman–Crippen LogP) is 2.87. The van der Waals surface area contributed by atoms with Crippen molar-refractivity contribution >= 4 is 22.9 Å². The second-order valence-electron chi connectivity index (χ2n) is 8.89. The molecule has 8 nitrogen and oxygen atoms in total. The quantitative estimate of drug-likeness (QED) is 0.481. The number of amides is 1. The third kappa shape index (κ3) is 4.92. The molecule has 0 unspecified atom stereocenters. The highest BCUT2D eigenvalue weighted by Gasteiger charge is 2.35. The van der Waals surface area contributed by atoms with E-state index in [4.69, 9.17) is 4.74 Å². The molecule has 0 saturated carbocycles. The lowest BCUT2D eigenvalue weighted by atomic mass is 9.97. The van der Waals surface area contributed by atoms with E-state index in [-0.39, 0.29) is 35.0 Å². The number of nitrogens with zero attached hydrogens (tertiary/aromatic N) is 2. The van der Waals surface area contributed by atoms with Crippen LogP contribution in [0.2, 0.25) is 0 Å². The van der Waals surface area contributed by atoms with E-state index in [2.05, 4.69) is 25.7 Å². The minimum Gasteiger partial charge on any atom is -0.489 e. The van der Waals surface area contributed by atoms with Gasteiger partial charge in [-0.25, -0.2) is 13.9 Å². The average molecular weight is 502 g/mol. The summed E-state index contributed by atoms with van der Waals surface area (Å²) in [5.74, 6) is -1.53. The molecule has 2 aliphatic rings. The van der Waals surface area contributed by atoms with Crippen LogP contribution in [0.25, 0.3) is 0 Å². The highest BCUT2D eigenvalue weighted by molar-refractivity contribution is 7.08. The van der Waals surface area contributed by atoms with Gasteiger partial charge < -0.3 is 20.3 Å². The van der Waals surface area contributed by atoms with Crippen molar-refractivity contribution in [1.29, 1.82) is 0 Å². The number of H-pyrrole nitrogens is 1. The van der Waals surface area contributed by atoms with Crippen LogP contribution in [0.3, 0.4) is 0 Å². The maximum atomic E-state index is 14.1. The zero-order valence-electron chi connectivity index (χ0n) is 19.1. The Morgan fingerprint density at radius 2 is 2.09 bits per heavy atom. The van der Waals surface area contributed by atoms with Crippen molar-refractivity contribution in [3.63, 3.8) is 0 Å². The van der Waals surface area contributed by atoms with Crippen LogP contribution in [0, 0.1) is 11.6 Å². The molecule has 1 fully saturated rings. The van der Waals surface area contributed by atoms with Gasteiger partial charge in [-0.2, -0.15) is 5.10 Å². The Labute approximate surface area is 204 Å². The molecule has 0 spiro atoms. The van der Waals surface area contributed by atoms with Gasteiger partial charge in [0.15, 0.2) is 11.6 Å². The lowest BCUT2D eigenvalue weighted by Crippen LogP contribution is -2.39. The Balaban J connectivity index is 1.24. The van der Waals surface area contributed by atoms with Crippen molar-refractivity contribution in [1.82, 2.24) is 20.4 Å². The molecule has 2 aromatic carbocycles. The van der Waals surface area contributed by atoms with Crippen LogP contribution >= 0.6 is 11.3 Å². The second-order valence-corrected chi connectivity index (χ2v) is 9.88. The number of anilines is 1. The number of nitrogens with one attached hydrogen (secondary N) is 3. The van der Waals surface area contributed by atoms with Crippen LogP contribution in [0.5, 0.6) is 5.75 Å². The first-order valence-corrected chi connectivity index (χ1v) is 12.2. The first-order chi connectivity index (χ1) is 16.9. The van der Waals surface area contributed by atoms with Crippen molar-refractivity contribution in [2.24, 2.45) is 0 Å². The molecule has 11 heteroatoms. The van der Waals surface area contributed by atoms with Crippen molar-refractivity contribution in [3.05, 3.63) is 73.3 Å². The first-order valence-electron chi connectivity index (χ1n) is 11.4. The maximum Gasteiger partial charge on any atom is 0.322 e. The smallest absolute Gasteiger partial charge is 0.322 e. The Hall–Kier alpha value is -3.31. The summed E-state index contributed by atoms with van der Waals surface area (Å²) in [5.41, 5.74) is 2.03. The first kappa shape index (κ1) is 23.4. The maximum absolute atomic E-state index is 14.1. The third-order valence-corrected chi connectivity index (χ3v) is 7.31. The van der Waals surface area contributed by atoms with Crippen molar-refractivity contribution in [2.45, 2.75) is 31.4 Å². The molecule has 3 aromatic rings. The molecular weight excluding hydrogens is 476 g/mol. The summed E-state index contributed by atoms with van der Waals surface area (Å²) in [7, 11) is 1.96. The SMILES string of the molecule is CN1C[C@H](c2n[nH]c(=O)s2)[C@H](NC(=O)c2ccc(OCc3cc(F)c(F)c4c3CCCN4)cc2)C1. The minimum absolute atomic E-state index is 0.0629. The average Bonchev–Trinajstić information content (AvgIpc) is 3.45. The molecule has 2 aliphatic heterocycles. The molecule has 2 atom stereocenters. The van der Waals surface area contributed by atoms with Crippen molar-refractivity contribution in [2.75, 3.05) is 32.0 Å². The van der Waals surface area contributed by atoms with Gasteiger partial charge in [-0.05, 0) is 61.3 Å². The lowest BCUT2D eigenvalue weighted by Gasteiger charge is -2.22. The van der Waals surface area contributed by atoms with Gasteiger partial charge in [0.05, 0.1) is 11.7 Å². The molecule has 3 N–H and O–H groups in total. The number of halogens is 2. The molecule has 0 radical (unpaired) electrons. The largest absolute Gasteiger partial charge is 0.489 e. The van der Waals surface area contributed by atoms with Gasteiger partial charge in [-0.15, -0.1) is 0 Å². The minimum atomic E-state index is -0.901. The number of hydrogen-bond acceptors (Lipinski definition) is 7. The van der Waals surface area contributed by atoms with Crippen LogP contribution in [0.4, 0.5) is 14.5 Å². The Morgan fingerprint density at radius 3 is 2.83 bits per heavy atom. The summed E-state index contributed by atoms with van der Waals surface area (Å²) in [6, 6.07) is 7.69. The number of hydrogen-bond donors (Lipinski definition) is 3. The van der Waals surface area contributed by atoms with E-state index >= 15 is 0 Å². The van der Waals surface area contributed by atoms with Gasteiger partial charge in [0.2, 0.25) is 0 Å². The molecule has 1 amide bonds. The summed E-state index contributed by atoms with van der Waals surface area (Å²) in [4.78, 5) is 26.3. The number of carbonyl (C=O) groups excluding carboxylic acids is 1. The number of likely N-dealkylation sites (N-methyl/N-ethyl adjacent to an activating group) is 1. The zero-order valence-corrected chi connectivity index (χ0v) is 19.9. The zero-order chi connectivity index (χ0) is 24.5. The summed E-state index contributed by atoms with van der Waals surface area (Å²) >= 11 is 1.06. The fraction of sp³-hybridized carbons (Fsp3) is 0.375. The van der Waals surface area contributed by atoms with Crippen molar-refractivity contribution < 1.29 is 18.3 Å². The fourth-order valence-electron chi connectivity index (χ4n) is 4.71. The molecule has 5 rings (SSSR count). The summed E-state index contributed by atoms with van der Waals surface area (Å²) < 4.78 is 33.9. The van der Waals surface area contributed by atoms with E-state index in [1.807, 2.05) is 7.05 Å². The van der Waals surface area contributed by atoms with Gasteiger partial charge in [-0.1, -0.05) is 11.3 Å². The van der Waals surface area contributed by atoms with Crippen molar-refractivity contribution in [3.8, 4) is 5.75 Å². The normalized spacial score (nSPS) is 19.7. The Bertz CT molecular complexity index is 1290. The van der Waals surface area contributed by atoms with E-state index in [1.54, 1.807) is 24.3 Å².